The molecule has 0 bridgehead atoms. The summed E-state index contributed by atoms with van der Waals surface area (Å²) in [7, 11) is 0. The molecular formula is C13H20O5. The van der Waals surface area contributed by atoms with Gasteiger partial charge in [0.05, 0.1) is 13.2 Å². The molecule has 1 aliphatic heterocycles. The molecule has 0 N–H and O–H groups in total. The van der Waals surface area contributed by atoms with E-state index in [-0.39, 0.29) is 18.0 Å². The second-order valence-electron chi connectivity index (χ2n) is 3.71. The number of hydrogen-bond acceptors (Lipinski definition) is 5. The fourth-order valence-electron chi connectivity index (χ4n) is 0.716. The summed E-state index contributed by atoms with van der Waals surface area (Å²) >= 11 is 0. The normalized spacial score (nSPS) is 15.8. The first-order valence-corrected chi connectivity index (χ1v) is 5.74. The molecule has 5 heteroatoms. The SMILES string of the molecule is C=C(C)C(=O)OCCC.C=CC(=O)OCC1CO1. The van der Waals surface area contributed by atoms with Crippen molar-refractivity contribution in [3.8, 4) is 0 Å². The molecule has 0 radical (unpaired) electrons. The molecule has 1 fully saturated rings. The lowest BCUT2D eigenvalue weighted by atomic mass is 10.4. The van der Waals surface area contributed by atoms with E-state index in [0.717, 1.165) is 12.5 Å². The molecule has 1 heterocycles. The van der Waals surface area contributed by atoms with E-state index >= 15 is 0 Å². The highest BCUT2D eigenvalue weighted by Gasteiger charge is 2.23. The Labute approximate surface area is 107 Å². The van der Waals surface area contributed by atoms with E-state index in [0.29, 0.717) is 25.4 Å². The van der Waals surface area contributed by atoms with Crippen molar-refractivity contribution in [2.24, 2.45) is 0 Å². The molecule has 0 saturated carbocycles. The molecule has 0 aliphatic carbocycles. The molecule has 0 amide bonds. The van der Waals surface area contributed by atoms with Crippen LogP contribution in [0.15, 0.2) is 24.8 Å². The van der Waals surface area contributed by atoms with E-state index in [2.05, 4.69) is 17.9 Å². The summed E-state index contributed by atoms with van der Waals surface area (Å²) < 4.78 is 14.1. The topological polar surface area (TPSA) is 65.1 Å². The smallest absolute Gasteiger partial charge is 0.333 e. The average molecular weight is 256 g/mol. The lowest BCUT2D eigenvalue weighted by Crippen LogP contribution is -2.06. The first-order chi connectivity index (χ1) is 8.51. The van der Waals surface area contributed by atoms with Gasteiger partial charge in [-0.25, -0.2) is 9.59 Å². The highest BCUT2D eigenvalue weighted by Crippen LogP contribution is 2.08. The van der Waals surface area contributed by atoms with Crippen LogP contribution in [-0.2, 0) is 23.8 Å². The van der Waals surface area contributed by atoms with Gasteiger partial charge in [0.15, 0.2) is 0 Å². The van der Waals surface area contributed by atoms with Crippen molar-refractivity contribution in [2.45, 2.75) is 26.4 Å². The van der Waals surface area contributed by atoms with Crippen LogP contribution in [0.4, 0.5) is 0 Å². The van der Waals surface area contributed by atoms with Crippen LogP contribution in [-0.4, -0.2) is 37.9 Å². The monoisotopic (exact) mass is 256 g/mol. The number of carbonyl (C=O) groups excluding carboxylic acids is 2. The molecule has 1 aliphatic rings. The van der Waals surface area contributed by atoms with Gasteiger partial charge in [-0.05, 0) is 13.3 Å². The van der Waals surface area contributed by atoms with Crippen LogP contribution in [0.2, 0.25) is 0 Å². The summed E-state index contributed by atoms with van der Waals surface area (Å²) in [6.45, 7) is 11.8. The summed E-state index contributed by atoms with van der Waals surface area (Å²) in [5, 5.41) is 0. The predicted octanol–water partition coefficient (Wildman–Crippen LogP) is 1.63. The zero-order valence-corrected chi connectivity index (χ0v) is 10.9. The largest absolute Gasteiger partial charge is 0.462 e. The highest BCUT2D eigenvalue weighted by molar-refractivity contribution is 5.86. The number of epoxide rings is 1. The van der Waals surface area contributed by atoms with Crippen molar-refractivity contribution in [1.82, 2.24) is 0 Å². The molecule has 5 nitrogen and oxygen atoms in total. The van der Waals surface area contributed by atoms with Crippen LogP contribution < -0.4 is 0 Å². The van der Waals surface area contributed by atoms with Crippen molar-refractivity contribution < 1.29 is 23.8 Å². The van der Waals surface area contributed by atoms with E-state index in [9.17, 15) is 9.59 Å². The molecule has 1 unspecified atom stereocenters. The molecule has 18 heavy (non-hydrogen) atoms. The zero-order chi connectivity index (χ0) is 14.0. The Hall–Kier alpha value is -1.62. The number of carbonyl (C=O) groups is 2. The maximum Gasteiger partial charge on any atom is 0.333 e. The third kappa shape index (κ3) is 9.59. The summed E-state index contributed by atoms with van der Waals surface area (Å²) in [6, 6.07) is 0. The molecule has 1 saturated heterocycles. The molecule has 0 spiro atoms. The Morgan fingerprint density at radius 2 is 2.06 bits per heavy atom. The highest BCUT2D eigenvalue weighted by atomic mass is 16.6. The summed E-state index contributed by atoms with van der Waals surface area (Å²) in [4.78, 5) is 20.9. The first kappa shape index (κ1) is 16.4. The van der Waals surface area contributed by atoms with Crippen molar-refractivity contribution in [3.63, 3.8) is 0 Å². The van der Waals surface area contributed by atoms with Gasteiger partial charge in [0, 0.05) is 11.6 Å². The van der Waals surface area contributed by atoms with E-state index in [1.54, 1.807) is 6.92 Å². The summed E-state index contributed by atoms with van der Waals surface area (Å²) in [5.74, 6) is -0.678. The van der Waals surface area contributed by atoms with Crippen molar-refractivity contribution in [3.05, 3.63) is 24.8 Å². The van der Waals surface area contributed by atoms with E-state index in [1.165, 1.54) is 0 Å². The molecule has 1 atom stereocenters. The minimum atomic E-state index is -0.384. The third-order valence-corrected chi connectivity index (χ3v) is 1.77. The molecule has 0 aromatic rings. The third-order valence-electron chi connectivity index (χ3n) is 1.77. The van der Waals surface area contributed by atoms with Crippen molar-refractivity contribution >= 4 is 11.9 Å². The quantitative estimate of drug-likeness (QED) is 0.410. The minimum Gasteiger partial charge on any atom is -0.462 e. The average Bonchev–Trinajstić information content (AvgIpc) is 3.17. The van der Waals surface area contributed by atoms with E-state index < -0.39 is 0 Å². The fraction of sp³-hybridized carbons (Fsp3) is 0.538. The second-order valence-corrected chi connectivity index (χ2v) is 3.71. The van der Waals surface area contributed by atoms with Gasteiger partial charge in [0.25, 0.3) is 0 Å². The predicted molar refractivity (Wildman–Crippen MR) is 67.0 cm³/mol. The second kappa shape index (κ2) is 9.41. The number of esters is 2. The fourth-order valence-corrected chi connectivity index (χ4v) is 0.716. The van der Waals surface area contributed by atoms with Gasteiger partial charge in [-0.15, -0.1) is 0 Å². The Kier molecular flexibility index (Phi) is 8.57. The summed E-state index contributed by atoms with van der Waals surface area (Å²) in [6.07, 6.45) is 2.15. The van der Waals surface area contributed by atoms with Gasteiger partial charge in [-0.3, -0.25) is 0 Å². The van der Waals surface area contributed by atoms with Crippen LogP contribution in [0.1, 0.15) is 20.3 Å². The van der Waals surface area contributed by atoms with Crippen molar-refractivity contribution in [1.29, 1.82) is 0 Å². The number of rotatable bonds is 6. The van der Waals surface area contributed by atoms with Crippen LogP contribution >= 0.6 is 0 Å². The Bertz CT molecular complexity index is 305. The Balaban J connectivity index is 0.000000321. The molecular weight excluding hydrogens is 236 g/mol. The van der Waals surface area contributed by atoms with Gasteiger partial charge in [0.2, 0.25) is 0 Å². The molecule has 0 aromatic carbocycles. The first-order valence-electron chi connectivity index (χ1n) is 5.74. The number of ether oxygens (including phenoxy) is 3. The number of hydrogen-bond donors (Lipinski definition) is 0. The zero-order valence-electron chi connectivity index (χ0n) is 10.9. The maximum atomic E-state index is 10.6. The summed E-state index contributed by atoms with van der Waals surface area (Å²) in [5.41, 5.74) is 0.462. The standard InChI is InChI=1S/C7H12O2.C6H8O3/c1-4-5-9-7(8)6(2)3;1-2-6(7)9-4-5-3-8-5/h2,4-5H2,1,3H3;2,5H,1,3-4H2. The Morgan fingerprint density at radius 3 is 2.44 bits per heavy atom. The van der Waals surface area contributed by atoms with Gasteiger partial charge in [-0.2, -0.15) is 0 Å². The van der Waals surface area contributed by atoms with Gasteiger partial charge in [-0.1, -0.05) is 20.1 Å². The van der Waals surface area contributed by atoms with Gasteiger partial charge in [0.1, 0.15) is 12.7 Å². The maximum absolute atomic E-state index is 10.6. The lowest BCUT2D eigenvalue weighted by molar-refractivity contribution is -0.139. The van der Waals surface area contributed by atoms with Crippen LogP contribution in [0.25, 0.3) is 0 Å². The molecule has 0 aromatic heterocycles. The van der Waals surface area contributed by atoms with Crippen LogP contribution in [0.5, 0.6) is 0 Å². The lowest BCUT2D eigenvalue weighted by Gasteiger charge is -1.99. The van der Waals surface area contributed by atoms with E-state index in [1.807, 2.05) is 6.92 Å². The minimum absolute atomic E-state index is 0.147. The Morgan fingerprint density at radius 1 is 1.44 bits per heavy atom. The molecule has 1 rings (SSSR count). The van der Waals surface area contributed by atoms with Gasteiger partial charge >= 0.3 is 11.9 Å². The molecule has 102 valence electrons. The van der Waals surface area contributed by atoms with Gasteiger partial charge < -0.3 is 14.2 Å². The van der Waals surface area contributed by atoms with Crippen LogP contribution in [0.3, 0.4) is 0 Å². The van der Waals surface area contributed by atoms with Crippen LogP contribution in [0, 0.1) is 0 Å². The van der Waals surface area contributed by atoms with E-state index in [4.69, 9.17) is 9.47 Å². The van der Waals surface area contributed by atoms with Crippen molar-refractivity contribution in [2.75, 3.05) is 19.8 Å².